The molecule has 2 aliphatic rings. The summed E-state index contributed by atoms with van der Waals surface area (Å²) >= 11 is 1.26. The van der Waals surface area contributed by atoms with Gasteiger partial charge in [0.2, 0.25) is 0 Å². The fraction of sp³-hybridized carbons (Fsp3) is 0.179. The second kappa shape index (κ2) is 10.8. The highest BCUT2D eigenvalue weighted by Crippen LogP contribution is 2.41. The Hall–Kier alpha value is -4.24. The van der Waals surface area contributed by atoms with Crippen molar-refractivity contribution in [2.75, 3.05) is 12.4 Å². The van der Waals surface area contributed by atoms with E-state index < -0.39 is 35.3 Å². The van der Waals surface area contributed by atoms with Gasteiger partial charge in [-0.15, -0.1) is 11.8 Å². The lowest BCUT2D eigenvalue weighted by Gasteiger charge is -2.48. The highest BCUT2D eigenvalue weighted by atomic mass is 32.2. The number of aliphatic hydroxyl groups is 1. The van der Waals surface area contributed by atoms with Gasteiger partial charge in [-0.05, 0) is 23.3 Å². The van der Waals surface area contributed by atoms with Gasteiger partial charge >= 0.3 is 5.97 Å². The van der Waals surface area contributed by atoms with Crippen LogP contribution in [0.2, 0.25) is 0 Å². The van der Waals surface area contributed by atoms with Crippen LogP contribution in [-0.2, 0) is 19.1 Å². The number of carbonyl (C=O) groups is 3. The lowest BCUT2D eigenvalue weighted by atomic mass is 10.0. The van der Waals surface area contributed by atoms with Crippen molar-refractivity contribution >= 4 is 29.5 Å². The zero-order valence-corrected chi connectivity index (χ0v) is 20.5. The first-order valence-corrected chi connectivity index (χ1v) is 12.7. The summed E-state index contributed by atoms with van der Waals surface area (Å²) in [7, 11) is 0. The monoisotopic (exact) mass is 516 g/mol. The van der Waals surface area contributed by atoms with Crippen LogP contribution in [0.3, 0.4) is 0 Å². The van der Waals surface area contributed by atoms with Gasteiger partial charge in [0.05, 0.1) is 5.75 Å². The second-order valence-corrected chi connectivity index (χ2v) is 9.56. The molecule has 0 unspecified atom stereocenters. The number of nitrogens with one attached hydrogen (secondary N) is 1. The molecule has 1 fully saturated rings. The first kappa shape index (κ1) is 24.5. The largest absolute Gasteiger partial charge is 0.509 e. The Labute approximate surface area is 217 Å². The Bertz CT molecular complexity index is 1280. The third-order valence-electron chi connectivity index (χ3n) is 6.00. The smallest absolute Gasteiger partial charge is 0.359 e. The number of amides is 2. The Balaban J connectivity index is 1.28. The molecular weight excluding hydrogens is 492 g/mol. The van der Waals surface area contributed by atoms with Crippen LogP contribution >= 0.6 is 11.8 Å². The number of para-hydroxylation sites is 1. The van der Waals surface area contributed by atoms with Crippen molar-refractivity contribution in [2.24, 2.45) is 0 Å². The van der Waals surface area contributed by atoms with Crippen molar-refractivity contribution < 1.29 is 29.0 Å². The van der Waals surface area contributed by atoms with Crippen LogP contribution in [0.5, 0.6) is 5.75 Å². The van der Waals surface area contributed by atoms with E-state index >= 15 is 0 Å². The number of hydrogen-bond donors (Lipinski definition) is 2. The summed E-state index contributed by atoms with van der Waals surface area (Å²) in [5, 5.41) is 12.7. The van der Waals surface area contributed by atoms with Crippen LogP contribution in [0.25, 0.3) is 0 Å². The minimum Gasteiger partial charge on any atom is -0.509 e. The molecule has 0 aliphatic carbocycles. The van der Waals surface area contributed by atoms with E-state index in [2.05, 4.69) is 5.32 Å². The summed E-state index contributed by atoms with van der Waals surface area (Å²) in [6.45, 7) is -0.253. The van der Waals surface area contributed by atoms with Crippen molar-refractivity contribution in [1.82, 2.24) is 10.2 Å². The van der Waals surface area contributed by atoms with Gasteiger partial charge in [0.1, 0.15) is 22.9 Å². The van der Waals surface area contributed by atoms with Crippen LogP contribution in [0, 0.1) is 0 Å². The van der Waals surface area contributed by atoms with Crippen LogP contribution in [-0.4, -0.2) is 51.6 Å². The zero-order valence-electron chi connectivity index (χ0n) is 19.7. The highest BCUT2D eigenvalue weighted by molar-refractivity contribution is 8.00. The number of esters is 1. The van der Waals surface area contributed by atoms with Gasteiger partial charge in [-0.1, -0.05) is 78.9 Å². The maximum Gasteiger partial charge on any atom is 0.359 e. The molecule has 0 aromatic heterocycles. The average Bonchev–Trinajstić information content (AvgIpc) is 2.94. The molecule has 1 saturated heterocycles. The standard InChI is InChI=1S/C28H24N2O6S/c31-21-17-37-27-23(29-22(32)16-35-20-14-8-3-9-15-20)26(33)30(27)24(21)28(34)36-25(18-10-4-1-5-11-18)19-12-6-2-7-13-19/h1-15,23,25,27,31H,16-17H2,(H,29,32)/t23-,27+/m1/s1. The van der Waals surface area contributed by atoms with Crippen LogP contribution in [0.1, 0.15) is 17.2 Å². The maximum absolute atomic E-state index is 13.3. The quantitative estimate of drug-likeness (QED) is 0.348. The number of β-lactam (4-membered cyclic amide) rings is 1. The average molecular weight is 517 g/mol. The molecule has 0 saturated carbocycles. The van der Waals surface area contributed by atoms with Crippen LogP contribution in [0.15, 0.2) is 102 Å². The molecule has 188 valence electrons. The topological polar surface area (TPSA) is 105 Å². The summed E-state index contributed by atoms with van der Waals surface area (Å²) in [6.07, 6.45) is -0.731. The van der Waals surface area contributed by atoms with Crippen LogP contribution in [0.4, 0.5) is 0 Å². The molecule has 0 bridgehead atoms. The lowest BCUT2D eigenvalue weighted by Crippen LogP contribution is -2.71. The third kappa shape index (κ3) is 5.17. The van der Waals surface area contributed by atoms with Gasteiger partial charge in [-0.25, -0.2) is 4.79 Å². The van der Waals surface area contributed by atoms with Gasteiger partial charge in [0, 0.05) is 0 Å². The summed E-state index contributed by atoms with van der Waals surface area (Å²) < 4.78 is 11.3. The molecule has 5 rings (SSSR count). The van der Waals surface area contributed by atoms with Crippen molar-refractivity contribution in [3.05, 3.63) is 114 Å². The Kier molecular flexibility index (Phi) is 7.14. The van der Waals surface area contributed by atoms with Crippen molar-refractivity contribution in [3.8, 4) is 5.75 Å². The number of thioether (sulfide) groups is 1. The number of benzene rings is 3. The summed E-state index contributed by atoms with van der Waals surface area (Å²) in [5.74, 6) is -1.37. The molecule has 3 aromatic rings. The first-order chi connectivity index (χ1) is 18.0. The van der Waals surface area contributed by atoms with Gasteiger partial charge in [-0.3, -0.25) is 14.5 Å². The number of nitrogens with zero attached hydrogens (tertiary/aromatic N) is 1. The summed E-state index contributed by atoms with van der Waals surface area (Å²) in [4.78, 5) is 39.9. The predicted molar refractivity (Wildman–Crippen MR) is 137 cm³/mol. The fourth-order valence-electron chi connectivity index (χ4n) is 4.22. The molecule has 3 aromatic carbocycles. The van der Waals surface area contributed by atoms with E-state index in [0.29, 0.717) is 5.75 Å². The first-order valence-electron chi connectivity index (χ1n) is 11.7. The molecule has 2 atom stereocenters. The van der Waals surface area contributed by atoms with Crippen molar-refractivity contribution in [1.29, 1.82) is 0 Å². The molecule has 9 heteroatoms. The maximum atomic E-state index is 13.3. The third-order valence-corrected chi connectivity index (χ3v) is 7.27. The van der Waals surface area contributed by atoms with Gasteiger partial charge < -0.3 is 19.9 Å². The predicted octanol–water partition coefficient (Wildman–Crippen LogP) is 3.57. The molecule has 8 nitrogen and oxygen atoms in total. The minimum absolute atomic E-state index is 0.104. The molecule has 0 radical (unpaired) electrons. The van der Waals surface area contributed by atoms with E-state index in [1.165, 1.54) is 16.7 Å². The lowest BCUT2D eigenvalue weighted by molar-refractivity contribution is -0.155. The number of rotatable bonds is 8. The van der Waals surface area contributed by atoms with Crippen molar-refractivity contribution in [2.45, 2.75) is 17.5 Å². The van der Waals surface area contributed by atoms with Gasteiger partial charge in [0.25, 0.3) is 11.8 Å². The highest BCUT2D eigenvalue weighted by Gasteiger charge is 2.55. The molecular formula is C28H24N2O6S. The Morgan fingerprint density at radius 3 is 2.11 bits per heavy atom. The van der Waals surface area contributed by atoms with E-state index in [4.69, 9.17) is 9.47 Å². The second-order valence-electron chi connectivity index (χ2n) is 8.46. The molecule has 0 spiro atoms. The van der Waals surface area contributed by atoms with Crippen molar-refractivity contribution in [3.63, 3.8) is 0 Å². The number of carbonyl (C=O) groups excluding carboxylic acids is 3. The zero-order chi connectivity index (χ0) is 25.8. The fourth-order valence-corrected chi connectivity index (χ4v) is 5.42. The van der Waals surface area contributed by atoms with E-state index in [0.717, 1.165) is 11.1 Å². The molecule has 2 amide bonds. The molecule has 2 N–H and O–H groups in total. The normalized spacial score (nSPS) is 18.6. The SMILES string of the molecule is O=C(COc1ccccc1)N[C@@H]1C(=O)N2C(C(=O)OC(c3ccccc3)c3ccccc3)=C(O)CS[C@@H]12. The Morgan fingerprint density at radius 1 is 0.946 bits per heavy atom. The molecule has 2 heterocycles. The number of aliphatic hydroxyl groups excluding tert-OH is 1. The Morgan fingerprint density at radius 2 is 1.51 bits per heavy atom. The van der Waals surface area contributed by atoms with Gasteiger partial charge in [0.15, 0.2) is 18.4 Å². The van der Waals surface area contributed by atoms with Crippen LogP contribution < -0.4 is 10.1 Å². The van der Waals surface area contributed by atoms with E-state index in [-0.39, 0.29) is 23.8 Å². The summed E-state index contributed by atoms with van der Waals surface area (Å²) in [6, 6.07) is 26.5. The number of ether oxygens (including phenoxy) is 2. The minimum atomic E-state index is -0.841. The van der Waals surface area contributed by atoms with E-state index in [1.54, 1.807) is 24.3 Å². The molecule has 37 heavy (non-hydrogen) atoms. The number of hydrogen-bond acceptors (Lipinski definition) is 7. The van der Waals surface area contributed by atoms with E-state index in [1.807, 2.05) is 66.7 Å². The molecule has 2 aliphatic heterocycles. The van der Waals surface area contributed by atoms with E-state index in [9.17, 15) is 19.5 Å². The summed E-state index contributed by atoms with van der Waals surface area (Å²) in [5.41, 5.74) is 1.31. The van der Waals surface area contributed by atoms with Gasteiger partial charge in [-0.2, -0.15) is 0 Å². The number of fused-ring (bicyclic) bond motifs is 1.